The second-order valence-corrected chi connectivity index (χ2v) is 10.4. The highest BCUT2D eigenvalue weighted by Crippen LogP contribution is 2.25. The Balaban J connectivity index is 1.35. The van der Waals surface area contributed by atoms with Crippen molar-refractivity contribution in [2.75, 3.05) is 5.32 Å². The summed E-state index contributed by atoms with van der Waals surface area (Å²) < 4.78 is 13.8. The summed E-state index contributed by atoms with van der Waals surface area (Å²) in [5.74, 6) is 0.958. The summed E-state index contributed by atoms with van der Waals surface area (Å²) in [5.41, 5.74) is 3.48. The van der Waals surface area contributed by atoms with Crippen LogP contribution in [0.4, 0.5) is 5.69 Å². The van der Waals surface area contributed by atoms with Crippen molar-refractivity contribution in [3.05, 3.63) is 126 Å². The minimum atomic E-state index is -0.477. The van der Waals surface area contributed by atoms with E-state index in [1.165, 1.54) is 3.57 Å². The van der Waals surface area contributed by atoms with Gasteiger partial charge < -0.3 is 14.8 Å². The van der Waals surface area contributed by atoms with Crippen molar-refractivity contribution in [2.45, 2.75) is 13.2 Å². The van der Waals surface area contributed by atoms with Crippen LogP contribution in [0.3, 0.4) is 0 Å². The molecule has 4 aromatic carbocycles. The fourth-order valence-corrected chi connectivity index (χ4v) is 4.41. The Labute approximate surface area is 243 Å². The average molecular weight is 712 g/mol. The summed E-state index contributed by atoms with van der Waals surface area (Å²) >= 11 is 4.46. The molecule has 0 atom stereocenters. The third-order valence-electron chi connectivity index (χ3n) is 5.30. The van der Waals surface area contributed by atoms with Crippen molar-refractivity contribution in [2.24, 2.45) is 0 Å². The van der Waals surface area contributed by atoms with Crippen LogP contribution in [0.2, 0.25) is 0 Å². The van der Waals surface area contributed by atoms with Crippen molar-refractivity contribution < 1.29 is 14.3 Å². The number of carbonyl (C=O) groups excluding carboxylic acids is 1. The van der Waals surface area contributed by atoms with Crippen molar-refractivity contribution >= 4 is 62.9 Å². The fourth-order valence-electron chi connectivity index (χ4n) is 3.35. The highest BCUT2D eigenvalue weighted by molar-refractivity contribution is 14.1. The number of benzene rings is 4. The number of anilines is 1. The topological polar surface area (TPSA) is 71.3 Å². The number of carbonyl (C=O) groups is 1. The van der Waals surface area contributed by atoms with Crippen molar-refractivity contribution in [1.29, 1.82) is 5.26 Å². The number of amides is 1. The summed E-state index contributed by atoms with van der Waals surface area (Å²) in [6.45, 7) is 0.923. The Morgan fingerprint density at radius 3 is 2.19 bits per heavy atom. The molecule has 0 radical (unpaired) electrons. The summed E-state index contributed by atoms with van der Waals surface area (Å²) in [6.07, 6.45) is 1.57. The molecule has 0 aliphatic rings. The first-order chi connectivity index (χ1) is 18.0. The average Bonchev–Trinajstić information content (AvgIpc) is 2.92. The van der Waals surface area contributed by atoms with Crippen LogP contribution in [0.5, 0.6) is 11.5 Å². The molecular weight excluding hydrogens is 690 g/mol. The minimum Gasteiger partial charge on any atom is -0.489 e. The summed E-state index contributed by atoms with van der Waals surface area (Å²) in [5, 5.41) is 12.4. The zero-order valence-corrected chi connectivity index (χ0v) is 24.0. The lowest BCUT2D eigenvalue weighted by atomic mass is 10.1. The number of hydrogen-bond donors (Lipinski definition) is 1. The van der Waals surface area contributed by atoms with Crippen LogP contribution in [0.25, 0.3) is 6.08 Å². The van der Waals surface area contributed by atoms with Crippen LogP contribution in [0.15, 0.2) is 103 Å². The predicted octanol–water partition coefficient (Wildman–Crippen LogP) is 7.60. The normalized spacial score (nSPS) is 10.9. The zero-order chi connectivity index (χ0) is 26.0. The van der Waals surface area contributed by atoms with Crippen molar-refractivity contribution in [1.82, 2.24) is 0 Å². The molecule has 0 saturated heterocycles. The molecule has 184 valence electrons. The highest BCUT2D eigenvalue weighted by atomic mass is 127. The van der Waals surface area contributed by atoms with E-state index in [0.717, 1.165) is 26.0 Å². The number of rotatable bonds is 9. The van der Waals surface area contributed by atoms with E-state index >= 15 is 0 Å². The molecule has 0 spiro atoms. The third-order valence-corrected chi connectivity index (χ3v) is 6.86. The van der Waals surface area contributed by atoms with E-state index < -0.39 is 5.91 Å². The second kappa shape index (κ2) is 13.3. The molecule has 0 fully saturated rings. The van der Waals surface area contributed by atoms with Gasteiger partial charge in [-0.15, -0.1) is 0 Å². The molecule has 0 aromatic heterocycles. The molecule has 0 heterocycles. The van der Waals surface area contributed by atoms with Crippen LogP contribution >= 0.6 is 45.2 Å². The monoisotopic (exact) mass is 712 g/mol. The van der Waals surface area contributed by atoms with Gasteiger partial charge in [-0.25, -0.2) is 0 Å². The SMILES string of the molecule is N#C/C(=C\c1ccc(OCc2ccc(I)cc2)c(I)c1)C(=O)Nc1ccc(OCc2ccccc2)cc1. The van der Waals surface area contributed by atoms with Gasteiger partial charge >= 0.3 is 0 Å². The van der Waals surface area contributed by atoms with Crippen molar-refractivity contribution in [3.63, 3.8) is 0 Å². The van der Waals surface area contributed by atoms with E-state index in [-0.39, 0.29) is 5.57 Å². The molecule has 0 bridgehead atoms. The van der Waals surface area contributed by atoms with Gasteiger partial charge in [0.05, 0.1) is 3.57 Å². The Morgan fingerprint density at radius 2 is 1.51 bits per heavy atom. The molecule has 0 aliphatic heterocycles. The van der Waals surface area contributed by atoms with Gasteiger partial charge in [-0.3, -0.25) is 4.79 Å². The molecule has 0 unspecified atom stereocenters. The molecule has 37 heavy (non-hydrogen) atoms. The second-order valence-electron chi connectivity index (χ2n) is 8.03. The molecular formula is C30H22I2N2O3. The third kappa shape index (κ3) is 8.06. The Bertz CT molecular complexity index is 1430. The number of nitrogens with one attached hydrogen (secondary N) is 1. The smallest absolute Gasteiger partial charge is 0.266 e. The molecule has 0 saturated carbocycles. The van der Waals surface area contributed by atoms with Gasteiger partial charge in [0, 0.05) is 9.26 Å². The van der Waals surface area contributed by atoms with Gasteiger partial charge in [0.15, 0.2) is 0 Å². The first-order valence-corrected chi connectivity index (χ1v) is 13.5. The standard InChI is InChI=1S/C30H22I2N2O3/c31-25-9-6-22(7-10-25)20-37-29-15-8-23(17-28(29)32)16-24(18-33)30(35)34-26-11-13-27(14-12-26)36-19-21-4-2-1-3-5-21/h1-17H,19-20H2,(H,34,35)/b24-16+. The highest BCUT2D eigenvalue weighted by Gasteiger charge is 2.11. The Kier molecular flexibility index (Phi) is 9.57. The van der Waals surface area contributed by atoms with Crippen LogP contribution < -0.4 is 14.8 Å². The van der Waals surface area contributed by atoms with Crippen LogP contribution in [-0.2, 0) is 18.0 Å². The van der Waals surface area contributed by atoms with Gasteiger partial charge in [-0.1, -0.05) is 48.5 Å². The molecule has 0 aliphatic carbocycles. The maximum Gasteiger partial charge on any atom is 0.266 e. The minimum absolute atomic E-state index is 0.00719. The van der Waals surface area contributed by atoms with E-state index in [0.29, 0.717) is 24.7 Å². The van der Waals surface area contributed by atoms with E-state index in [4.69, 9.17) is 9.47 Å². The van der Waals surface area contributed by atoms with Gasteiger partial charge in [-0.2, -0.15) is 5.26 Å². The number of nitrogens with zero attached hydrogens (tertiary/aromatic N) is 1. The Hall–Kier alpha value is -3.36. The lowest BCUT2D eigenvalue weighted by Gasteiger charge is -2.10. The lowest BCUT2D eigenvalue weighted by molar-refractivity contribution is -0.112. The molecule has 1 N–H and O–H groups in total. The van der Waals surface area contributed by atoms with E-state index in [9.17, 15) is 10.1 Å². The summed E-state index contributed by atoms with van der Waals surface area (Å²) in [6, 6.07) is 32.7. The van der Waals surface area contributed by atoms with Crippen molar-refractivity contribution in [3.8, 4) is 17.6 Å². The fraction of sp³-hybridized carbons (Fsp3) is 0.0667. The van der Waals surface area contributed by atoms with E-state index in [1.807, 2.05) is 78.9 Å². The van der Waals surface area contributed by atoms with E-state index in [2.05, 4.69) is 50.5 Å². The molecule has 7 heteroatoms. The molecule has 4 aromatic rings. The Morgan fingerprint density at radius 1 is 0.838 bits per heavy atom. The van der Waals surface area contributed by atoms with Gasteiger partial charge in [0.25, 0.3) is 5.91 Å². The van der Waals surface area contributed by atoms with Gasteiger partial charge in [-0.05, 0) is 116 Å². The predicted molar refractivity (Wildman–Crippen MR) is 162 cm³/mol. The maximum atomic E-state index is 12.7. The zero-order valence-electron chi connectivity index (χ0n) is 19.7. The summed E-state index contributed by atoms with van der Waals surface area (Å²) in [7, 11) is 0. The first kappa shape index (κ1) is 26.7. The van der Waals surface area contributed by atoms with E-state index in [1.54, 1.807) is 30.3 Å². The molecule has 4 rings (SSSR count). The molecule has 5 nitrogen and oxygen atoms in total. The van der Waals surface area contributed by atoms with Gasteiger partial charge in [0.1, 0.15) is 36.4 Å². The van der Waals surface area contributed by atoms with Crippen LogP contribution in [-0.4, -0.2) is 5.91 Å². The maximum absolute atomic E-state index is 12.7. The first-order valence-electron chi connectivity index (χ1n) is 11.4. The lowest BCUT2D eigenvalue weighted by Crippen LogP contribution is -2.13. The quantitative estimate of drug-likeness (QED) is 0.110. The van der Waals surface area contributed by atoms with Crippen LogP contribution in [0, 0.1) is 18.5 Å². The van der Waals surface area contributed by atoms with Crippen LogP contribution in [0.1, 0.15) is 16.7 Å². The largest absolute Gasteiger partial charge is 0.489 e. The number of hydrogen-bond acceptors (Lipinski definition) is 4. The number of nitriles is 1. The summed E-state index contributed by atoms with van der Waals surface area (Å²) in [4.78, 5) is 12.7. The number of halogens is 2. The van der Waals surface area contributed by atoms with Gasteiger partial charge in [0.2, 0.25) is 0 Å². The molecule has 1 amide bonds. The number of ether oxygens (including phenoxy) is 2.